The number of benzene rings is 1. The normalized spacial score (nSPS) is 28.4. The van der Waals surface area contributed by atoms with Crippen LogP contribution < -0.4 is 5.32 Å². The Kier molecular flexibility index (Phi) is 3.40. The van der Waals surface area contributed by atoms with Crippen LogP contribution in [0.3, 0.4) is 0 Å². The second-order valence-electron chi connectivity index (χ2n) is 5.70. The van der Waals surface area contributed by atoms with Gasteiger partial charge in [-0.25, -0.2) is 0 Å². The fourth-order valence-electron chi connectivity index (χ4n) is 3.21. The van der Waals surface area contributed by atoms with E-state index in [1.165, 1.54) is 24.9 Å². The van der Waals surface area contributed by atoms with Crippen LogP contribution in [0.2, 0.25) is 0 Å². The SMILES string of the molecule is CC1CC(C)CC(Nc2cccc3n[se]nc23)C1. The van der Waals surface area contributed by atoms with Gasteiger partial charge < -0.3 is 0 Å². The molecule has 3 rings (SSSR count). The molecule has 1 aromatic carbocycles. The zero-order valence-corrected chi connectivity index (χ0v) is 12.6. The van der Waals surface area contributed by atoms with E-state index >= 15 is 0 Å². The molecular weight excluding hydrogens is 289 g/mol. The standard InChI is InChI=1S/C14H19N3Se/c1-9-6-10(2)8-11(7-9)15-12-4-3-5-13-14(12)17-18-16-13/h3-5,9-11,15H,6-8H2,1-2H3. The molecule has 0 radical (unpaired) electrons. The third-order valence-corrected chi connectivity index (χ3v) is 4.96. The number of hydrogen-bond acceptors (Lipinski definition) is 3. The van der Waals surface area contributed by atoms with Gasteiger partial charge in [-0.2, -0.15) is 0 Å². The molecule has 0 amide bonds. The molecule has 2 atom stereocenters. The predicted octanol–water partition coefficient (Wildman–Crippen LogP) is 2.92. The molecule has 3 nitrogen and oxygen atoms in total. The predicted molar refractivity (Wildman–Crippen MR) is 76.1 cm³/mol. The average Bonchev–Trinajstić information content (AvgIpc) is 2.76. The van der Waals surface area contributed by atoms with Gasteiger partial charge in [0.05, 0.1) is 0 Å². The fraction of sp³-hybridized carbons (Fsp3) is 0.571. The second-order valence-corrected chi connectivity index (χ2v) is 6.80. The van der Waals surface area contributed by atoms with Crippen LogP contribution in [0, 0.1) is 11.8 Å². The van der Waals surface area contributed by atoms with Gasteiger partial charge in [-0.1, -0.05) is 0 Å². The van der Waals surface area contributed by atoms with E-state index in [-0.39, 0.29) is 15.0 Å². The van der Waals surface area contributed by atoms with Crippen LogP contribution in [0.25, 0.3) is 11.0 Å². The first kappa shape index (κ1) is 12.2. The first-order valence-electron chi connectivity index (χ1n) is 6.70. The number of nitrogens with zero attached hydrogens (tertiary/aromatic N) is 2. The summed E-state index contributed by atoms with van der Waals surface area (Å²) in [6, 6.07) is 6.88. The number of nitrogens with one attached hydrogen (secondary N) is 1. The number of rotatable bonds is 2. The van der Waals surface area contributed by atoms with Gasteiger partial charge in [0.2, 0.25) is 0 Å². The molecule has 1 aliphatic rings. The number of fused-ring (bicyclic) bond motifs is 1. The van der Waals surface area contributed by atoms with E-state index in [0.29, 0.717) is 6.04 Å². The van der Waals surface area contributed by atoms with Crippen LogP contribution in [0.4, 0.5) is 5.69 Å². The summed E-state index contributed by atoms with van der Waals surface area (Å²) in [7, 11) is 0. The zero-order valence-electron chi connectivity index (χ0n) is 10.9. The van der Waals surface area contributed by atoms with Crippen LogP contribution in [-0.4, -0.2) is 29.0 Å². The van der Waals surface area contributed by atoms with Crippen LogP contribution in [0.1, 0.15) is 33.1 Å². The van der Waals surface area contributed by atoms with Gasteiger partial charge in [0.1, 0.15) is 0 Å². The zero-order chi connectivity index (χ0) is 12.5. The molecule has 1 saturated carbocycles. The maximum atomic E-state index is 4.54. The van der Waals surface area contributed by atoms with Gasteiger partial charge >= 0.3 is 114 Å². The molecule has 1 heterocycles. The van der Waals surface area contributed by atoms with Crippen LogP contribution in [-0.2, 0) is 0 Å². The van der Waals surface area contributed by atoms with Crippen LogP contribution in [0.15, 0.2) is 18.2 Å². The molecule has 2 aromatic rings. The first-order chi connectivity index (χ1) is 8.72. The van der Waals surface area contributed by atoms with Crippen LogP contribution >= 0.6 is 0 Å². The van der Waals surface area contributed by atoms with Gasteiger partial charge in [-0.3, -0.25) is 0 Å². The van der Waals surface area contributed by atoms with Crippen LogP contribution in [0.5, 0.6) is 0 Å². The van der Waals surface area contributed by atoms with Crippen molar-refractivity contribution in [3.63, 3.8) is 0 Å². The van der Waals surface area contributed by atoms with Crippen molar-refractivity contribution in [3.05, 3.63) is 18.2 Å². The summed E-state index contributed by atoms with van der Waals surface area (Å²) < 4.78 is 8.97. The van der Waals surface area contributed by atoms with Crippen molar-refractivity contribution in [3.8, 4) is 0 Å². The second kappa shape index (κ2) is 5.02. The molecule has 0 aliphatic heterocycles. The Balaban J connectivity index is 1.81. The Labute approximate surface area is 114 Å². The summed E-state index contributed by atoms with van der Waals surface area (Å²) in [5, 5.41) is 3.70. The van der Waals surface area contributed by atoms with Crippen molar-refractivity contribution in [1.29, 1.82) is 0 Å². The van der Waals surface area contributed by atoms with Crippen molar-refractivity contribution in [2.24, 2.45) is 11.8 Å². The van der Waals surface area contributed by atoms with Gasteiger partial charge in [0.25, 0.3) is 0 Å². The Morgan fingerprint density at radius 2 is 1.89 bits per heavy atom. The Morgan fingerprint density at radius 3 is 2.67 bits per heavy atom. The summed E-state index contributed by atoms with van der Waals surface area (Å²) >= 11 is 0.0628. The molecule has 0 saturated heterocycles. The Morgan fingerprint density at radius 1 is 1.11 bits per heavy atom. The summed E-state index contributed by atoms with van der Waals surface area (Å²) in [4.78, 5) is 0. The minimum absolute atomic E-state index is 0.0628. The van der Waals surface area contributed by atoms with E-state index in [4.69, 9.17) is 0 Å². The molecule has 1 fully saturated rings. The van der Waals surface area contributed by atoms with Crippen molar-refractivity contribution in [2.45, 2.75) is 39.2 Å². The molecule has 1 aliphatic carbocycles. The van der Waals surface area contributed by atoms with Crippen molar-refractivity contribution < 1.29 is 0 Å². The molecule has 18 heavy (non-hydrogen) atoms. The quantitative estimate of drug-likeness (QED) is 0.867. The van der Waals surface area contributed by atoms with Crippen molar-refractivity contribution in [2.75, 3.05) is 5.32 Å². The fourth-order valence-corrected chi connectivity index (χ4v) is 4.36. The van der Waals surface area contributed by atoms with E-state index in [2.05, 4.69) is 45.3 Å². The van der Waals surface area contributed by atoms with E-state index in [1.54, 1.807) is 0 Å². The molecule has 4 heteroatoms. The first-order valence-corrected chi connectivity index (χ1v) is 8.23. The summed E-state index contributed by atoms with van der Waals surface area (Å²) in [6.45, 7) is 4.73. The van der Waals surface area contributed by atoms with Crippen molar-refractivity contribution >= 4 is 31.7 Å². The summed E-state index contributed by atoms with van der Waals surface area (Å²) in [6.07, 6.45) is 3.92. The minimum atomic E-state index is 0.0628. The summed E-state index contributed by atoms with van der Waals surface area (Å²) in [5.74, 6) is 1.66. The van der Waals surface area contributed by atoms with Gasteiger partial charge in [0.15, 0.2) is 0 Å². The van der Waals surface area contributed by atoms with E-state index in [0.717, 1.165) is 22.9 Å². The molecule has 1 aromatic heterocycles. The number of anilines is 1. The Hall–Kier alpha value is -0.861. The third-order valence-electron chi connectivity index (χ3n) is 3.82. The monoisotopic (exact) mass is 309 g/mol. The van der Waals surface area contributed by atoms with Gasteiger partial charge in [-0.15, -0.1) is 0 Å². The van der Waals surface area contributed by atoms with Crippen molar-refractivity contribution in [1.82, 2.24) is 7.96 Å². The third kappa shape index (κ3) is 2.45. The number of aromatic nitrogens is 2. The van der Waals surface area contributed by atoms with Gasteiger partial charge in [-0.05, 0) is 0 Å². The summed E-state index contributed by atoms with van der Waals surface area (Å²) in [5.41, 5.74) is 3.34. The maximum absolute atomic E-state index is 4.54. The molecular formula is C14H19N3Se. The molecule has 0 spiro atoms. The topological polar surface area (TPSA) is 37.8 Å². The average molecular weight is 308 g/mol. The molecule has 0 bridgehead atoms. The Bertz CT molecular complexity index is 527. The molecule has 2 unspecified atom stereocenters. The molecule has 96 valence electrons. The van der Waals surface area contributed by atoms with E-state index in [9.17, 15) is 0 Å². The van der Waals surface area contributed by atoms with E-state index in [1.807, 2.05) is 0 Å². The van der Waals surface area contributed by atoms with E-state index < -0.39 is 0 Å². The van der Waals surface area contributed by atoms with Gasteiger partial charge in [0, 0.05) is 0 Å². The molecule has 1 N–H and O–H groups in total. The number of hydrogen-bond donors (Lipinski definition) is 1.